The van der Waals surface area contributed by atoms with E-state index in [4.69, 9.17) is 16.3 Å². The third-order valence-corrected chi connectivity index (χ3v) is 9.39. The number of amides is 3. The molecule has 0 radical (unpaired) electrons. The maximum absolute atomic E-state index is 13.7. The second-order valence-electron chi connectivity index (χ2n) is 11.2. The molecule has 49 heavy (non-hydrogen) atoms. The molecule has 0 heterocycles. The van der Waals surface area contributed by atoms with Crippen LogP contribution >= 0.6 is 23.4 Å². The van der Waals surface area contributed by atoms with Crippen LogP contribution in [0.1, 0.15) is 34.8 Å². The molecule has 1 atom stereocenters. The first-order valence-electron chi connectivity index (χ1n) is 15.7. The van der Waals surface area contributed by atoms with Crippen molar-refractivity contribution in [3.05, 3.63) is 149 Å². The van der Waals surface area contributed by atoms with Gasteiger partial charge in [-0.1, -0.05) is 97.4 Å². The van der Waals surface area contributed by atoms with Crippen molar-refractivity contribution in [3.63, 3.8) is 0 Å². The van der Waals surface area contributed by atoms with Gasteiger partial charge in [-0.15, -0.1) is 11.8 Å². The summed E-state index contributed by atoms with van der Waals surface area (Å²) in [7, 11) is 1.53. The molecule has 7 nitrogen and oxygen atoms in total. The topological polar surface area (TPSA) is 96.5 Å². The molecule has 0 aromatic heterocycles. The van der Waals surface area contributed by atoms with E-state index >= 15 is 0 Å². The minimum absolute atomic E-state index is 0.0809. The van der Waals surface area contributed by atoms with Crippen molar-refractivity contribution >= 4 is 58.5 Å². The number of carbonyl (C=O) groups excluding carboxylic acids is 3. The van der Waals surface area contributed by atoms with E-state index in [-0.39, 0.29) is 11.6 Å². The molecule has 9 heteroatoms. The van der Waals surface area contributed by atoms with Gasteiger partial charge in [0.05, 0.1) is 18.0 Å². The summed E-state index contributed by atoms with van der Waals surface area (Å²) in [6.45, 7) is 3.80. The van der Waals surface area contributed by atoms with Crippen LogP contribution in [0, 0.1) is 6.92 Å². The third kappa shape index (κ3) is 9.41. The van der Waals surface area contributed by atoms with Crippen molar-refractivity contribution in [3.8, 4) is 16.9 Å². The number of benzene rings is 5. The number of rotatable bonds is 12. The van der Waals surface area contributed by atoms with Gasteiger partial charge in [0.2, 0.25) is 5.91 Å². The fourth-order valence-corrected chi connectivity index (χ4v) is 6.15. The number of carbonyl (C=O) groups is 3. The molecular formula is C40H36ClN3O4S. The molecule has 0 aliphatic heterocycles. The Bertz CT molecular complexity index is 1970. The number of anilines is 2. The molecule has 0 aliphatic rings. The Hall–Kier alpha value is -5.31. The monoisotopic (exact) mass is 689 g/mol. The first-order valence-corrected chi connectivity index (χ1v) is 17.0. The number of methoxy groups -OCH3 is 1. The number of hydrogen-bond donors (Lipinski definition) is 3. The molecule has 1 unspecified atom stereocenters. The Balaban J connectivity index is 1.33. The molecule has 5 aromatic carbocycles. The van der Waals surface area contributed by atoms with Gasteiger partial charge >= 0.3 is 0 Å². The third-order valence-electron chi connectivity index (χ3n) is 7.63. The molecule has 3 amide bonds. The Morgan fingerprint density at radius 2 is 1.49 bits per heavy atom. The van der Waals surface area contributed by atoms with Crippen molar-refractivity contribution in [2.75, 3.05) is 17.7 Å². The highest BCUT2D eigenvalue weighted by molar-refractivity contribution is 8.00. The van der Waals surface area contributed by atoms with Crippen LogP contribution in [0.5, 0.6) is 5.75 Å². The van der Waals surface area contributed by atoms with Crippen LogP contribution in [0.3, 0.4) is 0 Å². The van der Waals surface area contributed by atoms with E-state index in [9.17, 15) is 14.4 Å². The molecule has 0 saturated heterocycles. The fraction of sp³-hybridized carbons (Fsp3) is 0.125. The van der Waals surface area contributed by atoms with Gasteiger partial charge in [0.1, 0.15) is 11.4 Å². The summed E-state index contributed by atoms with van der Waals surface area (Å²) >= 11 is 7.62. The Morgan fingerprint density at radius 3 is 2.16 bits per heavy atom. The van der Waals surface area contributed by atoms with Crippen molar-refractivity contribution in [2.24, 2.45) is 0 Å². The number of ether oxygens (including phenoxy) is 1. The van der Waals surface area contributed by atoms with Gasteiger partial charge in [-0.25, -0.2) is 0 Å². The molecule has 5 rings (SSSR count). The van der Waals surface area contributed by atoms with E-state index < -0.39 is 17.1 Å². The first kappa shape index (κ1) is 35.0. The lowest BCUT2D eigenvalue weighted by molar-refractivity contribution is -0.116. The smallest absolute Gasteiger partial charge is 0.272 e. The van der Waals surface area contributed by atoms with Crippen LogP contribution in [0.4, 0.5) is 11.4 Å². The Labute approximate surface area is 295 Å². The van der Waals surface area contributed by atoms with Gasteiger partial charge in [-0.2, -0.15) is 0 Å². The second kappa shape index (κ2) is 16.7. The van der Waals surface area contributed by atoms with Crippen LogP contribution in [-0.2, 0) is 9.59 Å². The quantitative estimate of drug-likeness (QED) is 0.0897. The van der Waals surface area contributed by atoms with Gasteiger partial charge in [0, 0.05) is 27.2 Å². The first-order chi connectivity index (χ1) is 23.7. The largest absolute Gasteiger partial charge is 0.495 e. The number of aryl methyl sites for hydroxylation is 1. The molecule has 0 bridgehead atoms. The van der Waals surface area contributed by atoms with Gasteiger partial charge in [0.25, 0.3) is 11.8 Å². The Morgan fingerprint density at radius 1 is 0.816 bits per heavy atom. The van der Waals surface area contributed by atoms with Crippen molar-refractivity contribution < 1.29 is 19.1 Å². The van der Waals surface area contributed by atoms with E-state index in [1.54, 1.807) is 54.6 Å². The zero-order chi connectivity index (χ0) is 34.8. The van der Waals surface area contributed by atoms with Crippen LogP contribution in [0.15, 0.2) is 132 Å². The molecule has 0 aliphatic carbocycles. The lowest BCUT2D eigenvalue weighted by Gasteiger charge is -2.18. The number of nitrogens with one attached hydrogen (secondary N) is 3. The van der Waals surface area contributed by atoms with E-state index in [1.165, 1.54) is 18.9 Å². The van der Waals surface area contributed by atoms with Crippen LogP contribution < -0.4 is 20.7 Å². The van der Waals surface area contributed by atoms with Crippen molar-refractivity contribution in [1.82, 2.24) is 5.32 Å². The summed E-state index contributed by atoms with van der Waals surface area (Å²) in [6, 6.07) is 37.2. The molecular weight excluding hydrogens is 654 g/mol. The minimum Gasteiger partial charge on any atom is -0.495 e. The SMILES string of the molecule is CCC(Sc1cccc(NC(=O)/C(=C\c2ccc(-c3ccccc3)cc2)NC(=O)c2ccccc2)c1)C(=O)Nc1cc(C)c(Cl)cc1OC. The summed E-state index contributed by atoms with van der Waals surface area (Å²) in [6.07, 6.45) is 2.21. The lowest BCUT2D eigenvalue weighted by atomic mass is 10.0. The molecule has 248 valence electrons. The van der Waals surface area contributed by atoms with E-state index in [2.05, 4.69) is 16.0 Å². The summed E-state index contributed by atoms with van der Waals surface area (Å²) in [5.74, 6) is -0.608. The van der Waals surface area contributed by atoms with Gasteiger partial charge in [-0.05, 0) is 78.1 Å². The van der Waals surface area contributed by atoms with Crippen molar-refractivity contribution in [1.29, 1.82) is 0 Å². The molecule has 0 fully saturated rings. The van der Waals surface area contributed by atoms with Crippen LogP contribution in [-0.4, -0.2) is 30.1 Å². The maximum atomic E-state index is 13.7. The summed E-state index contributed by atoms with van der Waals surface area (Å²) < 4.78 is 5.42. The Kier molecular flexibility index (Phi) is 11.9. The molecule has 5 aromatic rings. The normalized spacial score (nSPS) is 11.7. The standard InChI is InChI=1S/C40H36ClN3O4S/c1-4-37(40(47)43-34-22-26(2)33(41)25-36(34)48-3)49-32-17-11-16-31(24-32)42-39(46)35(44-38(45)30-14-9-6-10-15-30)23-27-18-20-29(21-19-27)28-12-7-5-8-13-28/h5-25,37H,4H2,1-3H3,(H,42,46)(H,43,47)(H,44,45)/b35-23+. The van der Waals surface area contributed by atoms with E-state index in [0.717, 1.165) is 27.1 Å². The van der Waals surface area contributed by atoms with Crippen LogP contribution in [0.25, 0.3) is 17.2 Å². The van der Waals surface area contributed by atoms with E-state index in [0.29, 0.717) is 34.1 Å². The van der Waals surface area contributed by atoms with Gasteiger partial charge in [-0.3, -0.25) is 14.4 Å². The highest BCUT2D eigenvalue weighted by Gasteiger charge is 2.21. The predicted octanol–water partition coefficient (Wildman–Crippen LogP) is 9.24. The van der Waals surface area contributed by atoms with Gasteiger partial charge in [0.15, 0.2) is 0 Å². The van der Waals surface area contributed by atoms with Crippen LogP contribution in [0.2, 0.25) is 5.02 Å². The average molecular weight is 690 g/mol. The lowest BCUT2D eigenvalue weighted by Crippen LogP contribution is -2.30. The summed E-state index contributed by atoms with van der Waals surface area (Å²) in [5, 5.41) is 8.81. The highest BCUT2D eigenvalue weighted by atomic mass is 35.5. The molecule has 3 N–H and O–H groups in total. The predicted molar refractivity (Wildman–Crippen MR) is 200 cm³/mol. The summed E-state index contributed by atoms with van der Waals surface area (Å²) in [4.78, 5) is 40.9. The fourth-order valence-electron chi connectivity index (χ4n) is 4.99. The zero-order valence-electron chi connectivity index (χ0n) is 27.3. The molecule has 0 spiro atoms. The average Bonchev–Trinajstić information content (AvgIpc) is 3.12. The minimum atomic E-state index is -0.492. The maximum Gasteiger partial charge on any atom is 0.272 e. The summed E-state index contributed by atoms with van der Waals surface area (Å²) in [5.41, 5.74) is 5.24. The highest BCUT2D eigenvalue weighted by Crippen LogP contribution is 2.33. The zero-order valence-corrected chi connectivity index (χ0v) is 28.9. The number of hydrogen-bond acceptors (Lipinski definition) is 5. The molecule has 0 saturated carbocycles. The second-order valence-corrected chi connectivity index (χ2v) is 12.8. The van der Waals surface area contributed by atoms with E-state index in [1.807, 2.05) is 86.6 Å². The number of halogens is 1. The van der Waals surface area contributed by atoms with Crippen molar-refractivity contribution in [2.45, 2.75) is 30.4 Å². The number of thioether (sulfide) groups is 1. The van der Waals surface area contributed by atoms with Gasteiger partial charge < -0.3 is 20.7 Å².